The van der Waals surface area contributed by atoms with Crippen molar-refractivity contribution in [2.75, 3.05) is 33.0 Å². The zero-order valence-electron chi connectivity index (χ0n) is 19.5. The van der Waals surface area contributed by atoms with Gasteiger partial charge in [0.2, 0.25) is 0 Å². The van der Waals surface area contributed by atoms with Crippen molar-refractivity contribution in [3.8, 4) is 0 Å². The van der Waals surface area contributed by atoms with Crippen molar-refractivity contribution in [2.45, 2.75) is 50.6 Å². The van der Waals surface area contributed by atoms with Gasteiger partial charge < -0.3 is 19.4 Å². The molecule has 4 saturated carbocycles. The van der Waals surface area contributed by atoms with Crippen LogP contribution in [-0.4, -0.2) is 43.1 Å². The minimum atomic E-state index is 0. The Balaban J connectivity index is 0.00000228. The average Bonchev–Trinajstić information content (AvgIpc) is 3.11. The number of halogens is 1. The lowest BCUT2D eigenvalue weighted by atomic mass is 9.53. The van der Waals surface area contributed by atoms with Crippen molar-refractivity contribution < 1.29 is 9.47 Å². The molecule has 0 spiro atoms. The summed E-state index contributed by atoms with van der Waals surface area (Å²) in [5.74, 6) is 2.99. The Morgan fingerprint density at radius 1 is 0.727 bits per heavy atom. The third-order valence-corrected chi connectivity index (χ3v) is 8.30. The number of benzene rings is 2. The lowest BCUT2D eigenvalue weighted by Crippen LogP contribution is -2.58. The first-order valence-electron chi connectivity index (χ1n) is 12.7. The highest BCUT2D eigenvalue weighted by molar-refractivity contribution is 6.07. The van der Waals surface area contributed by atoms with Gasteiger partial charge in [-0.25, -0.2) is 0 Å². The Bertz CT molecular complexity index is 990. The Kier molecular flexibility index (Phi) is 6.99. The van der Waals surface area contributed by atoms with Crippen molar-refractivity contribution in [1.82, 2.24) is 9.88 Å². The lowest BCUT2D eigenvalue weighted by Gasteiger charge is -2.57. The van der Waals surface area contributed by atoms with Crippen molar-refractivity contribution in [3.05, 3.63) is 48.5 Å². The molecule has 4 bridgehead atoms. The van der Waals surface area contributed by atoms with Gasteiger partial charge in [0.1, 0.15) is 0 Å². The molecule has 4 fully saturated rings. The summed E-state index contributed by atoms with van der Waals surface area (Å²) in [5, 5.41) is 6.55. The second-order valence-corrected chi connectivity index (χ2v) is 10.5. The zero-order chi connectivity index (χ0) is 21.4. The first kappa shape index (κ1) is 23.2. The molecule has 5 heteroatoms. The molecular weight excluding hydrogens is 432 g/mol. The second-order valence-electron chi connectivity index (χ2n) is 10.5. The van der Waals surface area contributed by atoms with Gasteiger partial charge in [0.15, 0.2) is 0 Å². The highest BCUT2D eigenvalue weighted by atomic mass is 35.5. The number of hydrogen-bond acceptors (Lipinski definition) is 3. The Labute approximate surface area is 203 Å². The zero-order valence-corrected chi connectivity index (χ0v) is 20.3. The number of nitrogens with zero attached hydrogens (tertiary/aromatic N) is 1. The molecule has 0 atom stereocenters. The van der Waals surface area contributed by atoms with E-state index in [1.54, 1.807) is 0 Å². The fourth-order valence-electron chi connectivity index (χ4n) is 7.44. The standard InChI is InChI=1S/C28H36N2O2.ClH/c1-3-7-26-24(5-1)25-6-2-4-8-27(25)30(26)10-12-32-14-13-31-11-9-29-28-18-21-15-22(19-28)17-23(16-21)20-28;/h1-8,21-23,29H,9-20H2;1H. The highest BCUT2D eigenvalue weighted by Gasteiger charge is 2.50. The lowest BCUT2D eigenvalue weighted by molar-refractivity contribution is -0.0244. The number of nitrogens with one attached hydrogen (secondary N) is 1. The van der Waals surface area contributed by atoms with Crippen molar-refractivity contribution in [2.24, 2.45) is 17.8 Å². The van der Waals surface area contributed by atoms with Crippen LogP contribution in [0, 0.1) is 17.8 Å². The van der Waals surface area contributed by atoms with Crippen LogP contribution in [0.25, 0.3) is 21.8 Å². The van der Waals surface area contributed by atoms with Gasteiger partial charge in [-0.2, -0.15) is 0 Å². The first-order valence-corrected chi connectivity index (χ1v) is 12.7. The average molecular weight is 469 g/mol. The van der Waals surface area contributed by atoms with Crippen molar-refractivity contribution in [3.63, 3.8) is 0 Å². The molecule has 1 heterocycles. The second kappa shape index (κ2) is 9.95. The first-order chi connectivity index (χ1) is 15.8. The van der Waals surface area contributed by atoms with Crippen LogP contribution in [0.1, 0.15) is 38.5 Å². The van der Waals surface area contributed by atoms with Crippen molar-refractivity contribution in [1.29, 1.82) is 0 Å². The molecule has 0 unspecified atom stereocenters. The summed E-state index contributed by atoms with van der Waals surface area (Å²) in [6, 6.07) is 17.3. The smallest absolute Gasteiger partial charge is 0.0701 e. The molecule has 3 aromatic rings. The quantitative estimate of drug-likeness (QED) is 0.381. The number of fused-ring (bicyclic) bond motifs is 3. The molecule has 0 amide bonds. The van der Waals surface area contributed by atoms with Crippen LogP contribution in [0.3, 0.4) is 0 Å². The van der Waals surface area contributed by atoms with Crippen LogP contribution in [0.5, 0.6) is 0 Å². The molecule has 0 saturated heterocycles. The molecule has 4 aliphatic rings. The fraction of sp³-hybridized carbons (Fsp3) is 0.571. The van der Waals surface area contributed by atoms with E-state index in [0.29, 0.717) is 25.4 Å². The third kappa shape index (κ3) is 4.68. The van der Waals surface area contributed by atoms with Gasteiger partial charge in [-0.15, -0.1) is 12.4 Å². The molecular formula is C28H37ClN2O2. The van der Waals surface area contributed by atoms with E-state index in [-0.39, 0.29) is 12.4 Å². The van der Waals surface area contributed by atoms with Crippen LogP contribution in [-0.2, 0) is 16.0 Å². The molecule has 0 aliphatic heterocycles. The summed E-state index contributed by atoms with van der Waals surface area (Å²) in [5.41, 5.74) is 3.00. The largest absolute Gasteiger partial charge is 0.378 e. The molecule has 7 rings (SSSR count). The van der Waals surface area contributed by atoms with Gasteiger partial charge in [-0.3, -0.25) is 0 Å². The van der Waals surface area contributed by atoms with Crippen LogP contribution in [0.2, 0.25) is 0 Å². The van der Waals surface area contributed by atoms with Crippen LogP contribution >= 0.6 is 12.4 Å². The van der Waals surface area contributed by atoms with Gasteiger partial charge in [-0.1, -0.05) is 36.4 Å². The van der Waals surface area contributed by atoms with E-state index < -0.39 is 0 Å². The molecule has 178 valence electrons. The third-order valence-electron chi connectivity index (χ3n) is 8.30. The Morgan fingerprint density at radius 2 is 1.24 bits per heavy atom. The Hall–Kier alpha value is -1.59. The maximum absolute atomic E-state index is 5.92. The molecule has 33 heavy (non-hydrogen) atoms. The molecule has 0 radical (unpaired) electrons. The van der Waals surface area contributed by atoms with Gasteiger partial charge in [0, 0.05) is 40.4 Å². The minimum absolute atomic E-state index is 0. The number of aromatic nitrogens is 1. The van der Waals surface area contributed by atoms with Crippen LogP contribution in [0.4, 0.5) is 0 Å². The predicted molar refractivity (Wildman–Crippen MR) is 137 cm³/mol. The summed E-state index contributed by atoms with van der Waals surface area (Å²) in [7, 11) is 0. The van der Waals surface area contributed by atoms with Gasteiger partial charge >= 0.3 is 0 Å². The molecule has 1 aromatic heterocycles. The van der Waals surface area contributed by atoms with E-state index in [1.807, 2.05) is 0 Å². The van der Waals surface area contributed by atoms with Crippen LogP contribution < -0.4 is 5.32 Å². The summed E-state index contributed by atoms with van der Waals surface area (Å²) >= 11 is 0. The summed E-state index contributed by atoms with van der Waals surface area (Å²) in [6.07, 6.45) is 8.73. The maximum atomic E-state index is 5.92. The topological polar surface area (TPSA) is 35.4 Å². The molecule has 4 nitrogen and oxygen atoms in total. The van der Waals surface area contributed by atoms with Crippen molar-refractivity contribution >= 4 is 34.2 Å². The maximum Gasteiger partial charge on any atom is 0.0701 e. The molecule has 4 aliphatic carbocycles. The molecule has 1 N–H and O–H groups in total. The van der Waals surface area contributed by atoms with Crippen LogP contribution in [0.15, 0.2) is 48.5 Å². The highest BCUT2D eigenvalue weighted by Crippen LogP contribution is 2.55. The van der Waals surface area contributed by atoms with E-state index in [0.717, 1.165) is 37.5 Å². The van der Waals surface area contributed by atoms with Gasteiger partial charge in [-0.05, 0) is 68.4 Å². The number of rotatable bonds is 10. The van der Waals surface area contributed by atoms with Gasteiger partial charge in [0.25, 0.3) is 0 Å². The summed E-state index contributed by atoms with van der Waals surface area (Å²) in [6.45, 7) is 4.68. The minimum Gasteiger partial charge on any atom is -0.378 e. The number of hydrogen-bond donors (Lipinski definition) is 1. The normalized spacial score (nSPS) is 27.9. The van der Waals surface area contributed by atoms with E-state index in [4.69, 9.17) is 9.47 Å². The number of ether oxygens (including phenoxy) is 2. The SMILES string of the molecule is Cl.c1ccc2c(c1)c1ccccc1n2CCOCCOCCNC12CC3CC(CC(C3)C1)C2. The summed E-state index contributed by atoms with van der Waals surface area (Å²) in [4.78, 5) is 0. The summed E-state index contributed by atoms with van der Waals surface area (Å²) < 4.78 is 14.2. The van der Waals surface area contributed by atoms with Gasteiger partial charge in [0.05, 0.1) is 26.4 Å². The van der Waals surface area contributed by atoms with E-state index in [1.165, 1.54) is 60.3 Å². The predicted octanol–water partition coefficient (Wildman–Crippen LogP) is 5.81. The van der Waals surface area contributed by atoms with E-state index >= 15 is 0 Å². The Morgan fingerprint density at radius 3 is 1.82 bits per heavy atom. The fourth-order valence-corrected chi connectivity index (χ4v) is 7.44. The van der Waals surface area contributed by atoms with E-state index in [2.05, 4.69) is 58.4 Å². The monoisotopic (exact) mass is 468 g/mol. The number of para-hydroxylation sites is 2. The molecule has 2 aromatic carbocycles. The van der Waals surface area contributed by atoms with E-state index in [9.17, 15) is 0 Å².